The van der Waals surface area contributed by atoms with E-state index in [2.05, 4.69) is 19.8 Å². The third-order valence-corrected chi connectivity index (χ3v) is 4.98. The lowest BCUT2D eigenvalue weighted by molar-refractivity contribution is -0.275. The van der Waals surface area contributed by atoms with Gasteiger partial charge >= 0.3 is 6.36 Å². The second-order valence-electron chi connectivity index (χ2n) is 6.02. The molecular weight excluding hydrogens is 413 g/mol. The first-order chi connectivity index (χ1) is 13.3. The number of hydrogen-bond donors (Lipinski definition) is 1. The zero-order valence-corrected chi connectivity index (χ0v) is 16.8. The van der Waals surface area contributed by atoms with Gasteiger partial charge in [0.05, 0.1) is 0 Å². The van der Waals surface area contributed by atoms with Gasteiger partial charge in [-0.1, -0.05) is 12.1 Å². The first-order valence-corrected chi connectivity index (χ1v) is 9.49. The van der Waals surface area contributed by atoms with Crippen LogP contribution in [-0.4, -0.2) is 49.8 Å². The van der Waals surface area contributed by atoms with Gasteiger partial charge < -0.3 is 10.5 Å². The first kappa shape index (κ1) is 22.2. The van der Waals surface area contributed by atoms with Gasteiger partial charge in [-0.05, 0) is 32.0 Å². The normalized spacial score (nSPS) is 12.6. The van der Waals surface area contributed by atoms with Crippen LogP contribution in [0.2, 0.25) is 0 Å². The monoisotopic (exact) mass is 432 g/mol. The highest BCUT2D eigenvalue weighted by molar-refractivity contribution is 7.93. The van der Waals surface area contributed by atoms with Crippen LogP contribution in [-0.2, 0) is 10.0 Å². The molecule has 1 aromatic carbocycles. The van der Waals surface area contributed by atoms with Crippen molar-refractivity contribution in [3.8, 4) is 5.75 Å². The van der Waals surface area contributed by atoms with Gasteiger partial charge in [0.1, 0.15) is 10.6 Å². The zero-order valence-electron chi connectivity index (χ0n) is 16.0. The van der Waals surface area contributed by atoms with Gasteiger partial charge in [0.2, 0.25) is 11.9 Å². The number of hydrazone groups is 1. The molecule has 0 saturated heterocycles. The number of guanidine groups is 1. The number of aryl methyl sites for hydroxylation is 2. The molecule has 1 aromatic heterocycles. The molecule has 0 aliphatic rings. The molecule has 0 unspecified atom stereocenters. The van der Waals surface area contributed by atoms with Crippen molar-refractivity contribution in [1.29, 1.82) is 0 Å². The Morgan fingerprint density at radius 1 is 1.14 bits per heavy atom. The minimum absolute atomic E-state index is 0.368. The fraction of sp³-hybridized carbons (Fsp3) is 0.312. The summed E-state index contributed by atoms with van der Waals surface area (Å²) in [6.45, 7) is 3.20. The van der Waals surface area contributed by atoms with Crippen LogP contribution in [0.3, 0.4) is 0 Å². The maximum absolute atomic E-state index is 13.3. The number of aromatic nitrogens is 2. The van der Waals surface area contributed by atoms with E-state index in [0.717, 1.165) is 12.1 Å². The largest absolute Gasteiger partial charge is 0.573 e. The third kappa shape index (κ3) is 5.47. The van der Waals surface area contributed by atoms with Gasteiger partial charge in [0.25, 0.3) is 10.0 Å². The number of nitrogens with two attached hydrogens (primary N) is 1. The topological polar surface area (TPSA) is 114 Å². The SMILES string of the molecule is Cc1cc(C)nc(N(C(N)=NN(C)C)S(=O)(=O)c2ccccc2OC(F)(F)F)n1. The van der Waals surface area contributed by atoms with Gasteiger partial charge in [-0.15, -0.1) is 18.3 Å². The molecule has 13 heteroatoms. The van der Waals surface area contributed by atoms with Crippen LogP contribution in [0, 0.1) is 13.8 Å². The number of rotatable bonds is 5. The second-order valence-corrected chi connectivity index (χ2v) is 7.78. The minimum atomic E-state index is -5.10. The maximum atomic E-state index is 13.3. The van der Waals surface area contributed by atoms with Crippen LogP contribution < -0.4 is 14.8 Å². The molecule has 0 aliphatic heterocycles. The van der Waals surface area contributed by atoms with Crippen molar-refractivity contribution in [2.45, 2.75) is 25.1 Å². The number of anilines is 1. The Morgan fingerprint density at radius 3 is 2.21 bits per heavy atom. The molecule has 0 spiro atoms. The van der Waals surface area contributed by atoms with E-state index in [1.54, 1.807) is 19.9 Å². The van der Waals surface area contributed by atoms with Gasteiger partial charge in [-0.3, -0.25) is 5.01 Å². The number of hydrogen-bond acceptors (Lipinski definition) is 7. The highest BCUT2D eigenvalue weighted by Crippen LogP contribution is 2.32. The molecule has 0 fully saturated rings. The van der Waals surface area contributed by atoms with E-state index in [1.165, 1.54) is 31.2 Å². The Bertz CT molecular complexity index is 1000. The van der Waals surface area contributed by atoms with Crippen molar-refractivity contribution < 1.29 is 26.3 Å². The number of nitrogens with zero attached hydrogens (tertiary/aromatic N) is 5. The highest BCUT2D eigenvalue weighted by atomic mass is 32.2. The van der Waals surface area contributed by atoms with Crippen molar-refractivity contribution in [3.63, 3.8) is 0 Å². The maximum Gasteiger partial charge on any atom is 0.573 e. The summed E-state index contributed by atoms with van der Waals surface area (Å²) in [5.41, 5.74) is 6.71. The zero-order chi connectivity index (χ0) is 22.0. The predicted octanol–water partition coefficient (Wildman–Crippen LogP) is 1.98. The molecule has 0 atom stereocenters. The Kier molecular flexibility index (Phi) is 6.21. The van der Waals surface area contributed by atoms with E-state index in [4.69, 9.17) is 5.73 Å². The van der Waals surface area contributed by atoms with Gasteiger partial charge in [0, 0.05) is 25.5 Å². The molecule has 9 nitrogen and oxygen atoms in total. The minimum Gasteiger partial charge on any atom is -0.404 e. The summed E-state index contributed by atoms with van der Waals surface area (Å²) in [5.74, 6) is -1.86. The van der Waals surface area contributed by atoms with E-state index in [-0.39, 0.29) is 5.95 Å². The van der Waals surface area contributed by atoms with E-state index >= 15 is 0 Å². The van der Waals surface area contributed by atoms with Crippen LogP contribution in [0.4, 0.5) is 19.1 Å². The molecule has 2 aromatic rings. The van der Waals surface area contributed by atoms with Gasteiger partial charge in [0.15, 0.2) is 0 Å². The van der Waals surface area contributed by atoms with E-state index in [9.17, 15) is 21.6 Å². The number of halogens is 3. The summed E-state index contributed by atoms with van der Waals surface area (Å²) in [6.07, 6.45) is -5.10. The molecule has 0 amide bonds. The Hall–Kier alpha value is -3.09. The average molecular weight is 432 g/mol. The lowest BCUT2D eigenvalue weighted by atomic mass is 10.3. The van der Waals surface area contributed by atoms with Crippen LogP contribution in [0.1, 0.15) is 11.4 Å². The van der Waals surface area contributed by atoms with Crippen LogP contribution in [0.25, 0.3) is 0 Å². The quantitative estimate of drug-likeness (QED) is 0.437. The molecule has 1 heterocycles. The molecule has 29 heavy (non-hydrogen) atoms. The van der Waals surface area contributed by atoms with Gasteiger partial charge in [-0.25, -0.2) is 18.4 Å². The van der Waals surface area contributed by atoms with Crippen LogP contribution >= 0.6 is 0 Å². The van der Waals surface area contributed by atoms with Crippen molar-refractivity contribution in [2.24, 2.45) is 10.8 Å². The Labute approximate surface area is 165 Å². The average Bonchev–Trinajstić information content (AvgIpc) is 2.51. The van der Waals surface area contributed by atoms with Crippen molar-refractivity contribution in [1.82, 2.24) is 15.0 Å². The number of ether oxygens (including phenoxy) is 1. The highest BCUT2D eigenvalue weighted by Gasteiger charge is 2.38. The predicted molar refractivity (Wildman–Crippen MR) is 99.6 cm³/mol. The number of benzene rings is 1. The number of para-hydroxylation sites is 1. The molecule has 0 aliphatic carbocycles. The number of alkyl halides is 3. The third-order valence-electron chi connectivity index (χ3n) is 3.26. The molecule has 0 bridgehead atoms. The summed E-state index contributed by atoms with van der Waals surface area (Å²) < 4.78 is 69.2. The standard InChI is InChI=1S/C16H19F3N6O3S/c1-10-9-11(2)22-15(21-10)25(14(20)23-24(3)4)29(26,27)13-8-6-5-7-12(13)28-16(17,18)19/h5-9H,1-4H3,(H2,20,23). The fourth-order valence-corrected chi connectivity index (χ4v) is 3.74. The van der Waals surface area contributed by atoms with Crippen molar-refractivity contribution in [2.75, 3.05) is 18.4 Å². The molecule has 2 N–H and O–H groups in total. The van der Waals surface area contributed by atoms with Gasteiger partial charge in [-0.2, -0.15) is 4.31 Å². The van der Waals surface area contributed by atoms with Crippen LogP contribution in [0.15, 0.2) is 40.3 Å². The summed E-state index contributed by atoms with van der Waals surface area (Å²) in [7, 11) is -1.76. The van der Waals surface area contributed by atoms with E-state index in [1.807, 2.05) is 0 Å². The summed E-state index contributed by atoms with van der Waals surface area (Å²) in [4.78, 5) is 7.32. The van der Waals surface area contributed by atoms with E-state index in [0.29, 0.717) is 15.7 Å². The van der Waals surface area contributed by atoms with Crippen molar-refractivity contribution >= 4 is 21.9 Å². The first-order valence-electron chi connectivity index (χ1n) is 8.05. The number of sulfonamides is 1. The molecular formula is C16H19F3N6O3S. The molecule has 0 saturated carbocycles. The summed E-state index contributed by atoms with van der Waals surface area (Å²) in [5, 5.41) is 5.06. The smallest absolute Gasteiger partial charge is 0.404 e. The lowest BCUT2D eigenvalue weighted by Crippen LogP contribution is -2.44. The Balaban J connectivity index is 2.74. The molecule has 0 radical (unpaired) electrons. The fourth-order valence-electron chi connectivity index (χ4n) is 2.35. The molecule has 2 rings (SSSR count). The van der Waals surface area contributed by atoms with Crippen LogP contribution in [0.5, 0.6) is 5.75 Å². The van der Waals surface area contributed by atoms with Crippen molar-refractivity contribution in [3.05, 3.63) is 41.7 Å². The second kappa shape index (κ2) is 8.11. The summed E-state index contributed by atoms with van der Waals surface area (Å²) >= 11 is 0. The lowest BCUT2D eigenvalue weighted by Gasteiger charge is -2.24. The summed E-state index contributed by atoms with van der Waals surface area (Å²) in [6, 6.07) is 5.87. The molecule has 158 valence electrons. The Morgan fingerprint density at radius 2 is 1.69 bits per heavy atom. The van der Waals surface area contributed by atoms with E-state index < -0.39 is 33.0 Å².